The standard InChI is InChI=1S/C26H33ClF3N3O4/c1-25(2,3)21-13-22(33(32(21)4)14-17-7-5-9-35-17)31-24(34)19-11-16(26(28,29)30)12-20(27)23(19)37-15-18-8-6-10-36-18/h11-13,17-18H,5-10,14-15H2,1-4H3/b31-22+/t17-,18+/m1/s1. The lowest BCUT2D eigenvalue weighted by atomic mass is 9.92. The minimum Gasteiger partial charge on any atom is -0.488 e. The molecule has 2 aromatic rings. The Morgan fingerprint density at radius 1 is 1.11 bits per heavy atom. The van der Waals surface area contributed by atoms with Crippen molar-refractivity contribution in [3.05, 3.63) is 45.5 Å². The number of alkyl halides is 3. The molecule has 0 aliphatic carbocycles. The molecule has 2 aliphatic heterocycles. The molecule has 1 amide bonds. The highest BCUT2D eigenvalue weighted by atomic mass is 35.5. The summed E-state index contributed by atoms with van der Waals surface area (Å²) in [7, 11) is 1.87. The van der Waals surface area contributed by atoms with E-state index in [1.807, 2.05) is 37.2 Å². The van der Waals surface area contributed by atoms with E-state index in [1.54, 1.807) is 6.07 Å². The molecule has 1 aromatic heterocycles. The van der Waals surface area contributed by atoms with Crippen LogP contribution in [0.3, 0.4) is 0 Å². The van der Waals surface area contributed by atoms with Gasteiger partial charge < -0.3 is 14.2 Å². The molecule has 1 aromatic carbocycles. The Morgan fingerprint density at radius 3 is 2.32 bits per heavy atom. The van der Waals surface area contributed by atoms with Crippen LogP contribution in [0.4, 0.5) is 13.2 Å². The molecule has 2 atom stereocenters. The van der Waals surface area contributed by atoms with Gasteiger partial charge in [0.25, 0.3) is 5.91 Å². The maximum absolute atomic E-state index is 13.6. The minimum atomic E-state index is -4.70. The molecule has 37 heavy (non-hydrogen) atoms. The van der Waals surface area contributed by atoms with Crippen molar-refractivity contribution in [3.8, 4) is 5.75 Å². The van der Waals surface area contributed by atoms with Crippen molar-refractivity contribution in [2.45, 2.75) is 76.8 Å². The van der Waals surface area contributed by atoms with Crippen LogP contribution in [-0.4, -0.2) is 47.3 Å². The zero-order chi connectivity index (χ0) is 27.0. The van der Waals surface area contributed by atoms with E-state index in [9.17, 15) is 18.0 Å². The summed E-state index contributed by atoms with van der Waals surface area (Å²) in [4.78, 5) is 17.7. The Morgan fingerprint density at radius 2 is 1.76 bits per heavy atom. The second-order valence-electron chi connectivity index (χ2n) is 10.6. The van der Waals surface area contributed by atoms with Crippen LogP contribution in [0.15, 0.2) is 23.2 Å². The van der Waals surface area contributed by atoms with Crippen LogP contribution in [0.1, 0.15) is 68.1 Å². The average molecular weight is 544 g/mol. The molecule has 0 N–H and O–H groups in total. The Labute approximate surface area is 219 Å². The fourth-order valence-corrected chi connectivity index (χ4v) is 5.02. The highest BCUT2D eigenvalue weighted by molar-refractivity contribution is 6.32. The first-order valence-corrected chi connectivity index (χ1v) is 12.9. The number of hydrogen-bond donors (Lipinski definition) is 0. The lowest BCUT2D eigenvalue weighted by molar-refractivity contribution is -0.137. The van der Waals surface area contributed by atoms with Crippen molar-refractivity contribution in [3.63, 3.8) is 0 Å². The van der Waals surface area contributed by atoms with E-state index < -0.39 is 17.6 Å². The van der Waals surface area contributed by atoms with E-state index in [1.165, 1.54) is 0 Å². The summed E-state index contributed by atoms with van der Waals surface area (Å²) in [5, 5.41) is -0.304. The molecule has 2 saturated heterocycles. The van der Waals surface area contributed by atoms with E-state index in [-0.39, 0.29) is 40.6 Å². The minimum absolute atomic E-state index is 0.0382. The van der Waals surface area contributed by atoms with Crippen molar-refractivity contribution in [2.75, 3.05) is 19.8 Å². The molecule has 204 valence electrons. The molecule has 0 bridgehead atoms. The lowest BCUT2D eigenvalue weighted by Crippen LogP contribution is -2.30. The number of amides is 1. The van der Waals surface area contributed by atoms with Crippen LogP contribution in [-0.2, 0) is 34.7 Å². The van der Waals surface area contributed by atoms with Crippen LogP contribution in [0.25, 0.3) is 0 Å². The third kappa shape index (κ3) is 6.41. The fourth-order valence-electron chi connectivity index (χ4n) is 4.74. The maximum Gasteiger partial charge on any atom is 0.416 e. The zero-order valence-corrected chi connectivity index (χ0v) is 22.3. The molecule has 0 spiro atoms. The quantitative estimate of drug-likeness (QED) is 0.497. The highest BCUT2D eigenvalue weighted by Crippen LogP contribution is 2.38. The summed E-state index contributed by atoms with van der Waals surface area (Å²) in [6.45, 7) is 7.90. The molecular formula is C26H33ClF3N3O4. The molecular weight excluding hydrogens is 511 g/mol. The largest absolute Gasteiger partial charge is 0.488 e. The van der Waals surface area contributed by atoms with E-state index in [2.05, 4.69) is 4.99 Å². The fraction of sp³-hybridized carbons (Fsp3) is 0.615. The van der Waals surface area contributed by atoms with Gasteiger partial charge in [-0.2, -0.15) is 18.2 Å². The first-order chi connectivity index (χ1) is 17.3. The van der Waals surface area contributed by atoms with E-state index in [0.29, 0.717) is 25.2 Å². The van der Waals surface area contributed by atoms with Gasteiger partial charge in [-0.3, -0.25) is 14.2 Å². The Balaban J connectivity index is 1.78. The molecule has 2 fully saturated rings. The van der Waals surface area contributed by atoms with Crippen molar-refractivity contribution >= 4 is 17.5 Å². The number of aromatic nitrogens is 2. The summed E-state index contributed by atoms with van der Waals surface area (Å²) in [6.07, 6.45) is -1.50. The van der Waals surface area contributed by atoms with Crippen LogP contribution in [0, 0.1) is 0 Å². The molecule has 3 heterocycles. The van der Waals surface area contributed by atoms with Crippen molar-refractivity contribution in [1.82, 2.24) is 9.36 Å². The van der Waals surface area contributed by atoms with Gasteiger partial charge in [0, 0.05) is 37.4 Å². The number of benzene rings is 1. The Hall–Kier alpha value is -2.30. The number of carbonyl (C=O) groups is 1. The van der Waals surface area contributed by atoms with Gasteiger partial charge in [-0.25, -0.2) is 0 Å². The SMILES string of the molecule is Cn1c(C(C)(C)C)c/c(=N\C(=O)c2cc(C(F)(F)F)cc(Cl)c2OC[C@@H]2CCCO2)n1C[C@H]1CCCO1. The summed E-state index contributed by atoms with van der Waals surface area (Å²) in [5.41, 5.74) is -0.418. The lowest BCUT2D eigenvalue weighted by Gasteiger charge is -2.21. The molecule has 11 heteroatoms. The van der Waals surface area contributed by atoms with Gasteiger partial charge in [0.15, 0.2) is 11.2 Å². The van der Waals surface area contributed by atoms with Crippen molar-refractivity contribution in [2.24, 2.45) is 12.0 Å². The van der Waals surface area contributed by atoms with Gasteiger partial charge in [0.2, 0.25) is 0 Å². The third-order valence-corrected chi connectivity index (χ3v) is 6.95. The molecule has 7 nitrogen and oxygen atoms in total. The third-order valence-electron chi connectivity index (χ3n) is 6.67. The Kier molecular flexibility index (Phi) is 8.11. The number of rotatable bonds is 6. The number of carbonyl (C=O) groups excluding carboxylic acids is 1. The van der Waals surface area contributed by atoms with Crippen molar-refractivity contribution < 1.29 is 32.2 Å². The predicted molar refractivity (Wildman–Crippen MR) is 132 cm³/mol. The number of nitrogens with zero attached hydrogens (tertiary/aromatic N) is 3. The van der Waals surface area contributed by atoms with Crippen LogP contribution < -0.4 is 10.2 Å². The van der Waals surface area contributed by atoms with Gasteiger partial charge in [0.1, 0.15) is 6.61 Å². The molecule has 0 unspecified atom stereocenters. The van der Waals surface area contributed by atoms with Gasteiger partial charge >= 0.3 is 6.18 Å². The Bertz CT molecular complexity index is 1200. The molecule has 2 aliphatic rings. The normalized spacial score (nSPS) is 21.1. The smallest absolute Gasteiger partial charge is 0.416 e. The summed E-state index contributed by atoms with van der Waals surface area (Å²) in [6, 6.07) is 3.30. The number of hydrogen-bond acceptors (Lipinski definition) is 4. The molecule has 4 rings (SSSR count). The van der Waals surface area contributed by atoms with Gasteiger partial charge in [-0.1, -0.05) is 32.4 Å². The zero-order valence-electron chi connectivity index (χ0n) is 21.5. The van der Waals surface area contributed by atoms with Crippen LogP contribution in [0.5, 0.6) is 5.75 Å². The van der Waals surface area contributed by atoms with Gasteiger partial charge in [-0.05, 0) is 37.8 Å². The predicted octanol–water partition coefficient (Wildman–Crippen LogP) is 5.27. The monoisotopic (exact) mass is 543 g/mol. The number of halogens is 4. The summed E-state index contributed by atoms with van der Waals surface area (Å²) < 4.78 is 61.6. The van der Waals surface area contributed by atoms with E-state index in [4.69, 9.17) is 25.8 Å². The van der Waals surface area contributed by atoms with E-state index >= 15 is 0 Å². The number of ether oxygens (including phenoxy) is 3. The first kappa shape index (κ1) is 27.7. The maximum atomic E-state index is 13.6. The van der Waals surface area contributed by atoms with Gasteiger partial charge in [0.05, 0.1) is 34.9 Å². The van der Waals surface area contributed by atoms with E-state index in [0.717, 1.165) is 43.5 Å². The second kappa shape index (κ2) is 10.8. The highest BCUT2D eigenvalue weighted by Gasteiger charge is 2.34. The first-order valence-electron chi connectivity index (χ1n) is 12.5. The topological polar surface area (TPSA) is 67.0 Å². The van der Waals surface area contributed by atoms with Gasteiger partial charge in [-0.15, -0.1) is 0 Å². The molecule has 0 saturated carbocycles. The molecule has 0 radical (unpaired) electrons. The van der Waals surface area contributed by atoms with Crippen LogP contribution >= 0.6 is 11.6 Å². The van der Waals surface area contributed by atoms with Crippen molar-refractivity contribution in [1.29, 1.82) is 0 Å². The second-order valence-corrected chi connectivity index (χ2v) is 11.0. The summed E-state index contributed by atoms with van der Waals surface area (Å²) >= 11 is 6.22. The van der Waals surface area contributed by atoms with Crippen LogP contribution in [0.2, 0.25) is 5.02 Å². The average Bonchev–Trinajstić information content (AvgIpc) is 3.56. The summed E-state index contributed by atoms with van der Waals surface area (Å²) in [5.74, 6) is -1.00.